The first-order chi connectivity index (χ1) is 34.6. The molecule has 5 aliphatic rings. The van der Waals surface area contributed by atoms with Gasteiger partial charge in [0.1, 0.15) is 17.0 Å². The van der Waals surface area contributed by atoms with Crippen LogP contribution in [0.1, 0.15) is 94.0 Å². The maximum atomic E-state index is 14.5. The van der Waals surface area contributed by atoms with Crippen molar-refractivity contribution in [3.8, 4) is 5.88 Å². The summed E-state index contributed by atoms with van der Waals surface area (Å²) >= 11 is 6.29. The van der Waals surface area contributed by atoms with E-state index in [0.29, 0.717) is 60.5 Å². The van der Waals surface area contributed by atoms with Crippen molar-refractivity contribution in [2.24, 2.45) is 15.7 Å². The van der Waals surface area contributed by atoms with Crippen LogP contribution < -0.4 is 24.6 Å². The molecule has 1 amide bonds. The number of sulfonamides is 1. The SMILES string of the molecule is CC1(C)CCC(CN2CCN(c3ccc(C(=O)NS(=O)(=O)c4ccc(NCC5CCC(N=S6(=O)CCCC6)CC5)c([N+](=O)[O-])c4)c(N4CCCOc5nc6[nH]ccc6cc54)c3)CC2)=C(c2ccc(Cl)cc2)C1. The molecule has 0 spiro atoms. The van der Waals surface area contributed by atoms with Crippen molar-refractivity contribution in [1.29, 1.82) is 0 Å². The lowest BCUT2D eigenvalue weighted by atomic mass is 9.72. The predicted octanol–water partition coefficient (Wildman–Crippen LogP) is 10.2. The minimum Gasteiger partial charge on any atom is -0.476 e. The van der Waals surface area contributed by atoms with Crippen LogP contribution in [0.15, 0.2) is 93.8 Å². The van der Waals surface area contributed by atoms with Crippen LogP contribution in [0.3, 0.4) is 0 Å². The van der Waals surface area contributed by atoms with Crippen molar-refractivity contribution < 1.29 is 27.1 Å². The fourth-order valence-electron chi connectivity index (χ4n) is 11.1. The molecule has 2 saturated heterocycles. The summed E-state index contributed by atoms with van der Waals surface area (Å²) in [6.45, 7) is 10.0. The number of fused-ring (bicyclic) bond motifs is 2. The molecule has 5 aromatic rings. The number of rotatable bonds is 13. The zero-order chi connectivity index (χ0) is 50.2. The second kappa shape index (κ2) is 20.7. The van der Waals surface area contributed by atoms with Gasteiger partial charge in [0.15, 0.2) is 0 Å². The van der Waals surface area contributed by atoms with E-state index >= 15 is 0 Å². The van der Waals surface area contributed by atoms with E-state index in [0.717, 1.165) is 113 Å². The number of carbonyl (C=O) groups is 1. The summed E-state index contributed by atoms with van der Waals surface area (Å²) in [5.74, 6) is 1.11. The molecule has 3 aliphatic heterocycles. The molecule has 3 aromatic carbocycles. The van der Waals surface area contributed by atoms with Crippen LogP contribution in [0.2, 0.25) is 5.02 Å². The third-order valence-corrected chi connectivity index (χ3v) is 19.3. The molecule has 3 N–H and O–H groups in total. The number of aromatic amines is 1. The van der Waals surface area contributed by atoms with Gasteiger partial charge in [-0.1, -0.05) is 43.2 Å². The number of pyridine rings is 1. The van der Waals surface area contributed by atoms with Gasteiger partial charge in [-0.25, -0.2) is 21.7 Å². The molecule has 0 unspecified atom stereocenters. The first kappa shape index (κ1) is 49.9. The van der Waals surface area contributed by atoms with Crippen molar-refractivity contribution in [2.45, 2.75) is 89.0 Å². The second-order valence-corrected chi connectivity index (χ2v) is 25.6. The summed E-state index contributed by atoms with van der Waals surface area (Å²) in [6.07, 6.45) is 10.9. The Kier molecular flexibility index (Phi) is 14.3. The van der Waals surface area contributed by atoms with Gasteiger partial charge < -0.3 is 24.8 Å². The predicted molar refractivity (Wildman–Crippen MR) is 286 cm³/mol. The van der Waals surface area contributed by atoms with Crippen LogP contribution in [0.4, 0.5) is 28.4 Å². The molecule has 19 heteroatoms. The number of H-pyrrole nitrogens is 1. The van der Waals surface area contributed by atoms with E-state index in [1.165, 1.54) is 28.8 Å². The number of anilines is 4. The molecule has 2 aromatic heterocycles. The Morgan fingerprint density at radius 3 is 2.47 bits per heavy atom. The summed E-state index contributed by atoms with van der Waals surface area (Å²) in [5, 5.41) is 17.2. The number of hydrogen-bond acceptors (Lipinski definition) is 13. The Hall–Kier alpha value is -5.69. The molecule has 2 aliphatic carbocycles. The van der Waals surface area contributed by atoms with Crippen LogP contribution in [-0.2, 0) is 19.8 Å². The van der Waals surface area contributed by atoms with E-state index in [9.17, 15) is 27.5 Å². The number of aromatic nitrogens is 2. The molecular formula is C53H64ClN9O7S2. The number of piperazine rings is 1. The number of hydrogen-bond donors (Lipinski definition) is 3. The topological polar surface area (TPSA) is 195 Å². The van der Waals surface area contributed by atoms with Crippen molar-refractivity contribution >= 4 is 82.3 Å². The van der Waals surface area contributed by atoms with Crippen LogP contribution in [-0.4, -0.2) is 108 Å². The molecule has 3 fully saturated rings. The Morgan fingerprint density at radius 1 is 0.958 bits per heavy atom. The second-order valence-electron chi connectivity index (χ2n) is 20.9. The number of ether oxygens (including phenoxy) is 1. The smallest absolute Gasteiger partial charge is 0.293 e. The van der Waals surface area contributed by atoms with Gasteiger partial charge in [-0.15, -0.1) is 0 Å². The van der Waals surface area contributed by atoms with E-state index in [1.807, 2.05) is 41.3 Å². The number of carbonyl (C=O) groups excluding carboxylic acids is 1. The molecule has 382 valence electrons. The van der Waals surface area contributed by atoms with Gasteiger partial charge >= 0.3 is 0 Å². The standard InChI is InChI=1S/C53H64ClN9O7S2/c1-53(2)20-18-39(45(33-53)37-8-10-40(54)11-9-37)35-60-23-25-61(26-24-60)42-14-16-44(47(31-42)62-22-5-27-70-52-49(62)30-38-19-21-55-50(38)57-52)51(64)59-72(68,69)43-15-17-46(48(32-43)63(65)66)56-34-36-6-12-41(13-7-36)58-71(67)28-3-4-29-71/h8-11,14-17,19,21,30-32,36,41,56H,3-7,12-13,18,20,22-29,33-35H2,1-2H3,(H,55,57)(H,59,64). The molecule has 72 heavy (non-hydrogen) atoms. The van der Waals surface area contributed by atoms with Gasteiger partial charge in [-0.2, -0.15) is 4.98 Å². The first-order valence-corrected chi connectivity index (χ1v) is 29.1. The van der Waals surface area contributed by atoms with Crippen LogP contribution in [0.25, 0.3) is 16.6 Å². The van der Waals surface area contributed by atoms with E-state index in [-0.39, 0.29) is 28.6 Å². The minimum atomic E-state index is -4.60. The summed E-state index contributed by atoms with van der Waals surface area (Å²) in [6, 6.07) is 21.3. The summed E-state index contributed by atoms with van der Waals surface area (Å²) < 4.78 is 54.3. The fourth-order valence-corrected chi connectivity index (χ4v) is 14.7. The van der Waals surface area contributed by atoms with E-state index in [2.05, 4.69) is 50.8 Å². The molecule has 0 bridgehead atoms. The Balaban J connectivity index is 0.877. The molecule has 0 atom stereocenters. The fraction of sp³-hybridized carbons (Fsp3) is 0.472. The Morgan fingerprint density at radius 2 is 1.72 bits per heavy atom. The van der Waals surface area contributed by atoms with Crippen molar-refractivity contribution in [2.75, 3.05) is 79.0 Å². The molecule has 5 heterocycles. The van der Waals surface area contributed by atoms with Gasteiger partial charge in [0, 0.05) is 95.4 Å². The van der Waals surface area contributed by atoms with Gasteiger partial charge in [0.2, 0.25) is 5.88 Å². The van der Waals surface area contributed by atoms with Crippen LogP contribution >= 0.6 is 11.6 Å². The zero-order valence-corrected chi connectivity index (χ0v) is 43.4. The molecular weight excluding hydrogens is 974 g/mol. The maximum absolute atomic E-state index is 14.5. The number of benzene rings is 3. The molecule has 0 radical (unpaired) electrons. The number of nitro groups is 1. The normalized spacial score (nSPS) is 21.4. The highest BCUT2D eigenvalue weighted by atomic mass is 35.5. The van der Waals surface area contributed by atoms with Gasteiger partial charge in [0.25, 0.3) is 21.6 Å². The highest BCUT2D eigenvalue weighted by molar-refractivity contribution is 7.93. The maximum Gasteiger partial charge on any atom is 0.293 e. The number of allylic oxidation sites excluding steroid dienone is 1. The Bertz CT molecular complexity index is 3120. The average molecular weight is 1040 g/mol. The average Bonchev–Trinajstić information content (AvgIpc) is 3.96. The van der Waals surface area contributed by atoms with E-state index in [1.54, 1.807) is 12.3 Å². The van der Waals surface area contributed by atoms with Crippen molar-refractivity contribution in [1.82, 2.24) is 19.6 Å². The largest absolute Gasteiger partial charge is 0.476 e. The lowest BCUT2D eigenvalue weighted by Crippen LogP contribution is -2.47. The van der Waals surface area contributed by atoms with Gasteiger partial charge in [-0.3, -0.25) is 19.8 Å². The highest BCUT2D eigenvalue weighted by Crippen LogP contribution is 2.44. The number of nitrogens with one attached hydrogen (secondary N) is 3. The third kappa shape index (κ3) is 11.1. The number of nitro benzene ring substituents is 1. The third-order valence-electron chi connectivity index (χ3n) is 15.2. The number of halogens is 1. The minimum absolute atomic E-state index is 0.0806. The Labute approximate surface area is 427 Å². The monoisotopic (exact) mass is 1040 g/mol. The van der Waals surface area contributed by atoms with Crippen LogP contribution in [0, 0.1) is 21.4 Å². The first-order valence-electron chi connectivity index (χ1n) is 25.4. The lowest BCUT2D eigenvalue weighted by molar-refractivity contribution is -0.384. The zero-order valence-electron chi connectivity index (χ0n) is 41.0. The molecule has 10 rings (SSSR count). The summed E-state index contributed by atoms with van der Waals surface area (Å²) in [5.41, 5.74) is 6.88. The van der Waals surface area contributed by atoms with Crippen molar-refractivity contribution in [3.63, 3.8) is 0 Å². The van der Waals surface area contributed by atoms with E-state index in [4.69, 9.17) is 25.7 Å². The van der Waals surface area contributed by atoms with Gasteiger partial charge in [0.05, 0.1) is 33.7 Å². The highest BCUT2D eigenvalue weighted by Gasteiger charge is 2.33. The number of amides is 1. The van der Waals surface area contributed by atoms with Crippen molar-refractivity contribution in [3.05, 3.63) is 111 Å². The lowest BCUT2D eigenvalue weighted by Gasteiger charge is -2.39. The molecule has 1 saturated carbocycles. The number of nitrogens with zero attached hydrogens (tertiary/aromatic N) is 6. The quantitative estimate of drug-likeness (QED) is 0.0747. The van der Waals surface area contributed by atoms with Gasteiger partial charge in [-0.05, 0) is 141 Å². The van der Waals surface area contributed by atoms with Crippen LogP contribution in [0.5, 0.6) is 5.88 Å². The summed E-state index contributed by atoms with van der Waals surface area (Å²) in [7, 11) is -6.69. The molecule has 16 nitrogen and oxygen atoms in total. The van der Waals surface area contributed by atoms with E-state index < -0.39 is 41.2 Å². The summed E-state index contributed by atoms with van der Waals surface area (Å²) in [4.78, 5) is 40.6.